The van der Waals surface area contributed by atoms with Gasteiger partial charge in [-0.15, -0.1) is 0 Å². The molecular formula is C17H23NO2. The molecule has 20 heavy (non-hydrogen) atoms. The topological polar surface area (TPSA) is 40.5 Å². The van der Waals surface area contributed by atoms with Crippen LogP contribution in [0, 0.1) is 5.92 Å². The van der Waals surface area contributed by atoms with E-state index in [0.29, 0.717) is 19.0 Å². The molecule has 1 N–H and O–H groups in total. The molecule has 0 atom stereocenters. The van der Waals surface area contributed by atoms with E-state index in [4.69, 9.17) is 0 Å². The minimum atomic E-state index is -0.587. The van der Waals surface area contributed by atoms with Crippen molar-refractivity contribution in [2.45, 2.75) is 44.6 Å². The molecule has 108 valence electrons. The Balaban J connectivity index is 1.57. The molecule has 3 nitrogen and oxygen atoms in total. The van der Waals surface area contributed by atoms with Crippen molar-refractivity contribution in [1.29, 1.82) is 0 Å². The van der Waals surface area contributed by atoms with Gasteiger partial charge >= 0.3 is 0 Å². The summed E-state index contributed by atoms with van der Waals surface area (Å²) in [5.41, 5.74) is 1.45. The number of carbonyl (C=O) groups is 1. The lowest BCUT2D eigenvalue weighted by atomic mass is 9.88. The number of carbonyl (C=O) groups excluding carboxylic acids is 1. The third-order valence-corrected chi connectivity index (χ3v) is 4.57. The lowest BCUT2D eigenvalue weighted by Crippen LogP contribution is -2.64. The summed E-state index contributed by atoms with van der Waals surface area (Å²) in [6.07, 6.45) is 5.69. The van der Waals surface area contributed by atoms with Crippen molar-refractivity contribution >= 4 is 5.91 Å². The molecule has 0 bridgehead atoms. The number of hydrogen-bond donors (Lipinski definition) is 1. The predicted octanol–water partition coefficient (Wildman–Crippen LogP) is 2.63. The Morgan fingerprint density at radius 2 is 1.95 bits per heavy atom. The molecule has 1 heterocycles. The normalized spacial score (nSPS) is 20.6. The highest BCUT2D eigenvalue weighted by atomic mass is 16.3. The maximum Gasteiger partial charge on any atom is 0.254 e. The van der Waals surface area contributed by atoms with Crippen molar-refractivity contribution in [2.75, 3.05) is 13.1 Å². The first kappa shape index (κ1) is 13.6. The van der Waals surface area contributed by atoms with Crippen molar-refractivity contribution in [3.63, 3.8) is 0 Å². The molecule has 3 rings (SSSR count). The minimum absolute atomic E-state index is 0.0531. The summed E-state index contributed by atoms with van der Waals surface area (Å²) >= 11 is 0. The third-order valence-electron chi connectivity index (χ3n) is 4.57. The largest absolute Gasteiger partial charge is 0.386 e. The number of aliphatic hydroxyl groups is 1. The van der Waals surface area contributed by atoms with Gasteiger partial charge in [0.2, 0.25) is 0 Å². The highest BCUT2D eigenvalue weighted by Gasteiger charge is 2.53. The van der Waals surface area contributed by atoms with E-state index >= 15 is 0 Å². The average Bonchev–Trinajstić information content (AvgIpc) is 3.26. The molecule has 0 radical (unpaired) electrons. The highest BCUT2D eigenvalue weighted by molar-refractivity contribution is 5.95. The van der Waals surface area contributed by atoms with Crippen LogP contribution in [0.5, 0.6) is 0 Å². The van der Waals surface area contributed by atoms with Crippen LogP contribution in [-0.4, -0.2) is 34.6 Å². The maximum absolute atomic E-state index is 12.3. The van der Waals surface area contributed by atoms with E-state index in [2.05, 4.69) is 19.1 Å². The fourth-order valence-electron chi connectivity index (χ4n) is 3.01. The molecule has 0 spiro atoms. The standard InChI is InChI=1S/C17H23NO2/c1-2-3-4-13-5-7-14(8-6-13)16(19)18-11-17(20,12-18)15-9-10-15/h5-8,15,20H,2-4,9-12H2,1H3. The van der Waals surface area contributed by atoms with Gasteiger partial charge in [-0.3, -0.25) is 4.79 Å². The number of unbranched alkanes of at least 4 members (excludes halogenated alkanes) is 1. The van der Waals surface area contributed by atoms with Gasteiger partial charge in [-0.1, -0.05) is 25.5 Å². The van der Waals surface area contributed by atoms with Gasteiger partial charge in [0.15, 0.2) is 0 Å². The van der Waals surface area contributed by atoms with Crippen molar-refractivity contribution in [3.8, 4) is 0 Å². The molecule has 1 aliphatic carbocycles. The molecule has 1 saturated carbocycles. The van der Waals surface area contributed by atoms with Gasteiger partial charge in [-0.05, 0) is 49.3 Å². The van der Waals surface area contributed by atoms with Crippen molar-refractivity contribution in [1.82, 2.24) is 4.90 Å². The molecule has 1 aromatic carbocycles. The Hall–Kier alpha value is -1.35. The number of hydrogen-bond acceptors (Lipinski definition) is 2. The molecule has 2 aliphatic rings. The Kier molecular flexibility index (Phi) is 3.55. The molecule has 1 amide bonds. The second kappa shape index (κ2) is 5.21. The molecular weight excluding hydrogens is 250 g/mol. The number of likely N-dealkylation sites (tertiary alicyclic amines) is 1. The molecule has 2 fully saturated rings. The summed E-state index contributed by atoms with van der Waals surface area (Å²) in [4.78, 5) is 14.1. The summed E-state index contributed by atoms with van der Waals surface area (Å²) in [5.74, 6) is 0.486. The quantitative estimate of drug-likeness (QED) is 0.896. The van der Waals surface area contributed by atoms with Crippen LogP contribution in [0.25, 0.3) is 0 Å². The second-order valence-electron chi connectivity index (χ2n) is 6.34. The van der Waals surface area contributed by atoms with Gasteiger partial charge in [0.25, 0.3) is 5.91 Å². The first-order chi connectivity index (χ1) is 9.62. The van der Waals surface area contributed by atoms with Gasteiger partial charge in [0.1, 0.15) is 5.60 Å². The molecule has 1 aliphatic heterocycles. The monoisotopic (exact) mass is 273 g/mol. The lowest BCUT2D eigenvalue weighted by Gasteiger charge is -2.47. The van der Waals surface area contributed by atoms with Gasteiger partial charge in [0, 0.05) is 5.56 Å². The van der Waals surface area contributed by atoms with Crippen LogP contribution in [0.2, 0.25) is 0 Å². The second-order valence-corrected chi connectivity index (χ2v) is 6.34. The highest BCUT2D eigenvalue weighted by Crippen LogP contribution is 2.44. The maximum atomic E-state index is 12.3. The van der Waals surface area contributed by atoms with Crippen LogP contribution in [0.15, 0.2) is 24.3 Å². The molecule has 0 aromatic heterocycles. The van der Waals surface area contributed by atoms with E-state index in [1.807, 2.05) is 12.1 Å². The molecule has 1 saturated heterocycles. The Morgan fingerprint density at radius 1 is 1.30 bits per heavy atom. The Morgan fingerprint density at radius 3 is 2.50 bits per heavy atom. The van der Waals surface area contributed by atoms with E-state index in [1.165, 1.54) is 18.4 Å². The van der Waals surface area contributed by atoms with E-state index in [1.54, 1.807) is 4.90 Å². The Bertz CT molecular complexity index is 484. The lowest BCUT2D eigenvalue weighted by molar-refractivity contribution is -0.0958. The Labute approximate surface area is 120 Å². The van der Waals surface area contributed by atoms with Crippen LogP contribution >= 0.6 is 0 Å². The molecule has 3 heteroatoms. The number of aryl methyl sites for hydroxylation is 1. The van der Waals surface area contributed by atoms with E-state index in [-0.39, 0.29) is 5.91 Å². The zero-order valence-electron chi connectivity index (χ0n) is 12.1. The first-order valence-corrected chi connectivity index (χ1v) is 7.73. The molecule has 1 aromatic rings. The smallest absolute Gasteiger partial charge is 0.254 e. The van der Waals surface area contributed by atoms with Crippen LogP contribution in [0.1, 0.15) is 48.5 Å². The number of amides is 1. The van der Waals surface area contributed by atoms with E-state index in [9.17, 15) is 9.90 Å². The molecule has 0 unspecified atom stereocenters. The number of β-amino-alcohol motifs (C(OH)–C–C–N with tert-alkyl or cyclic N) is 1. The van der Waals surface area contributed by atoms with Crippen LogP contribution in [0.4, 0.5) is 0 Å². The summed E-state index contributed by atoms with van der Waals surface area (Å²) in [6, 6.07) is 7.94. The van der Waals surface area contributed by atoms with Gasteiger partial charge < -0.3 is 10.0 Å². The van der Waals surface area contributed by atoms with Crippen molar-refractivity contribution in [2.24, 2.45) is 5.92 Å². The van der Waals surface area contributed by atoms with Gasteiger partial charge in [0.05, 0.1) is 13.1 Å². The summed E-state index contributed by atoms with van der Waals surface area (Å²) in [5, 5.41) is 10.3. The zero-order chi connectivity index (χ0) is 14.2. The summed E-state index contributed by atoms with van der Waals surface area (Å²) in [7, 11) is 0. The summed E-state index contributed by atoms with van der Waals surface area (Å²) < 4.78 is 0. The predicted molar refractivity (Wildman–Crippen MR) is 78.6 cm³/mol. The van der Waals surface area contributed by atoms with Crippen molar-refractivity contribution < 1.29 is 9.90 Å². The summed E-state index contributed by atoms with van der Waals surface area (Å²) in [6.45, 7) is 3.20. The SMILES string of the molecule is CCCCc1ccc(C(=O)N2CC(O)(C3CC3)C2)cc1. The van der Waals surface area contributed by atoms with Crippen LogP contribution in [-0.2, 0) is 6.42 Å². The number of rotatable bonds is 5. The van der Waals surface area contributed by atoms with Gasteiger partial charge in [-0.25, -0.2) is 0 Å². The third kappa shape index (κ3) is 2.59. The van der Waals surface area contributed by atoms with Crippen LogP contribution in [0.3, 0.4) is 0 Å². The fraction of sp³-hybridized carbons (Fsp3) is 0.588. The van der Waals surface area contributed by atoms with Gasteiger partial charge in [-0.2, -0.15) is 0 Å². The van der Waals surface area contributed by atoms with E-state index < -0.39 is 5.60 Å². The fourth-order valence-corrected chi connectivity index (χ4v) is 3.01. The number of nitrogens with zero attached hydrogens (tertiary/aromatic N) is 1. The van der Waals surface area contributed by atoms with Crippen molar-refractivity contribution in [3.05, 3.63) is 35.4 Å². The zero-order valence-corrected chi connectivity index (χ0v) is 12.1. The average molecular weight is 273 g/mol. The first-order valence-electron chi connectivity index (χ1n) is 7.73. The van der Waals surface area contributed by atoms with Crippen LogP contribution < -0.4 is 0 Å². The van der Waals surface area contributed by atoms with E-state index in [0.717, 1.165) is 24.8 Å². The number of benzene rings is 1. The minimum Gasteiger partial charge on any atom is -0.386 e.